The number of carbonyl (C=O) groups excluding carboxylic acids is 1. The van der Waals surface area contributed by atoms with Gasteiger partial charge in [0.25, 0.3) is 0 Å². The van der Waals surface area contributed by atoms with Crippen molar-refractivity contribution in [3.63, 3.8) is 0 Å². The number of aryl methyl sites for hydroxylation is 1. The fraction of sp³-hybridized carbons (Fsp3) is 0.737. The molecule has 0 aliphatic heterocycles. The van der Waals surface area contributed by atoms with E-state index in [0.717, 1.165) is 69.1 Å². The molecule has 0 N–H and O–H groups in total. The molecule has 0 aromatic carbocycles. The summed E-state index contributed by atoms with van der Waals surface area (Å²) in [6.45, 7) is 9.02. The van der Waals surface area contributed by atoms with E-state index < -0.39 is 0 Å². The van der Waals surface area contributed by atoms with Crippen molar-refractivity contribution in [2.45, 2.75) is 85.5 Å². The normalized spacial score (nSPS) is 10.9. The van der Waals surface area contributed by atoms with E-state index in [1.165, 1.54) is 5.56 Å². The molecule has 0 aliphatic rings. The Morgan fingerprint density at radius 2 is 1.55 bits per heavy atom. The van der Waals surface area contributed by atoms with Crippen molar-refractivity contribution < 1.29 is 13.9 Å². The van der Waals surface area contributed by atoms with Crippen molar-refractivity contribution in [3.05, 3.63) is 22.6 Å². The lowest BCUT2D eigenvalue weighted by Crippen LogP contribution is -2.08. The van der Waals surface area contributed by atoms with Gasteiger partial charge in [0, 0.05) is 12.0 Å². The van der Waals surface area contributed by atoms with Crippen LogP contribution in [0.5, 0.6) is 0 Å². The summed E-state index contributed by atoms with van der Waals surface area (Å²) in [6, 6.07) is 0. The van der Waals surface area contributed by atoms with Gasteiger partial charge >= 0.3 is 5.97 Å². The van der Waals surface area contributed by atoms with Gasteiger partial charge < -0.3 is 9.15 Å². The van der Waals surface area contributed by atoms with E-state index in [0.29, 0.717) is 12.4 Å². The highest BCUT2D eigenvalue weighted by atomic mass is 16.5. The van der Waals surface area contributed by atoms with Crippen molar-refractivity contribution in [3.8, 4) is 0 Å². The van der Waals surface area contributed by atoms with E-state index in [2.05, 4.69) is 27.7 Å². The molecular formula is C19H32O3. The molecule has 0 saturated carbocycles. The molecule has 1 heterocycles. The van der Waals surface area contributed by atoms with Crippen molar-refractivity contribution >= 4 is 5.97 Å². The summed E-state index contributed by atoms with van der Waals surface area (Å²) in [5, 5.41) is 0. The highest BCUT2D eigenvalue weighted by Gasteiger charge is 2.24. The summed E-state index contributed by atoms with van der Waals surface area (Å²) in [5.74, 6) is 1.18. The van der Waals surface area contributed by atoms with Gasteiger partial charge in [0.15, 0.2) is 0 Å². The lowest BCUT2D eigenvalue weighted by atomic mass is 9.98. The van der Waals surface area contributed by atoms with E-state index in [1.54, 1.807) is 0 Å². The topological polar surface area (TPSA) is 39.4 Å². The predicted molar refractivity (Wildman–Crippen MR) is 90.5 cm³/mol. The second-order valence-electron chi connectivity index (χ2n) is 5.86. The van der Waals surface area contributed by atoms with Crippen molar-refractivity contribution in [1.82, 2.24) is 0 Å². The Kier molecular flexibility index (Phi) is 8.95. The summed E-state index contributed by atoms with van der Waals surface area (Å²) in [4.78, 5) is 12.3. The van der Waals surface area contributed by atoms with Crippen LogP contribution in [0, 0.1) is 0 Å². The Bertz CT molecular complexity index is 446. The number of hydrogen-bond acceptors (Lipinski definition) is 3. The average Bonchev–Trinajstić information content (AvgIpc) is 2.88. The molecule has 3 nitrogen and oxygen atoms in total. The first-order valence-electron chi connectivity index (χ1n) is 8.99. The zero-order chi connectivity index (χ0) is 16.4. The summed E-state index contributed by atoms with van der Waals surface area (Å²) >= 11 is 0. The van der Waals surface area contributed by atoms with Crippen molar-refractivity contribution in [1.29, 1.82) is 0 Å². The van der Waals surface area contributed by atoms with Gasteiger partial charge in [-0.3, -0.25) is 0 Å². The Balaban J connectivity index is 2.98. The molecule has 1 rings (SSSR count). The largest absolute Gasteiger partial charge is 0.460 e. The third kappa shape index (κ3) is 5.19. The Morgan fingerprint density at radius 1 is 0.909 bits per heavy atom. The monoisotopic (exact) mass is 308 g/mol. The van der Waals surface area contributed by atoms with E-state index in [9.17, 15) is 4.79 Å². The third-order valence-corrected chi connectivity index (χ3v) is 4.01. The number of hydrogen-bond donors (Lipinski definition) is 0. The fourth-order valence-electron chi connectivity index (χ4n) is 2.65. The van der Waals surface area contributed by atoms with E-state index in [-0.39, 0.29) is 5.97 Å². The number of carbonyl (C=O) groups is 1. The van der Waals surface area contributed by atoms with Crippen LogP contribution in [-0.4, -0.2) is 12.6 Å². The number of ether oxygens (including phenoxy) is 1. The minimum Gasteiger partial charge on any atom is -0.460 e. The Labute approximate surface area is 135 Å². The van der Waals surface area contributed by atoms with Gasteiger partial charge in [-0.2, -0.15) is 0 Å². The molecule has 0 saturated heterocycles. The maximum Gasteiger partial charge on any atom is 0.374 e. The third-order valence-electron chi connectivity index (χ3n) is 4.01. The predicted octanol–water partition coefficient (Wildman–Crippen LogP) is 5.48. The maximum absolute atomic E-state index is 12.3. The van der Waals surface area contributed by atoms with E-state index in [4.69, 9.17) is 9.15 Å². The van der Waals surface area contributed by atoms with Crippen LogP contribution in [0.1, 0.15) is 93.7 Å². The number of esters is 1. The zero-order valence-corrected chi connectivity index (χ0v) is 14.8. The maximum atomic E-state index is 12.3. The molecule has 0 atom stereocenters. The van der Waals surface area contributed by atoms with Gasteiger partial charge in [-0.15, -0.1) is 0 Å². The first kappa shape index (κ1) is 18.8. The fourth-order valence-corrected chi connectivity index (χ4v) is 2.65. The van der Waals surface area contributed by atoms with Gasteiger partial charge in [0.1, 0.15) is 5.76 Å². The van der Waals surface area contributed by atoms with Crippen LogP contribution in [-0.2, 0) is 24.0 Å². The van der Waals surface area contributed by atoms with Crippen LogP contribution < -0.4 is 0 Å². The minimum absolute atomic E-state index is 0.286. The molecule has 0 bridgehead atoms. The number of rotatable bonds is 11. The molecule has 0 radical (unpaired) electrons. The van der Waals surface area contributed by atoms with Crippen LogP contribution in [0.25, 0.3) is 0 Å². The number of unbranched alkanes of at least 4 members (excludes halogenated alkanes) is 3. The average molecular weight is 308 g/mol. The van der Waals surface area contributed by atoms with Crippen molar-refractivity contribution in [2.75, 3.05) is 6.61 Å². The summed E-state index contributed by atoms with van der Waals surface area (Å²) in [7, 11) is 0. The molecule has 126 valence electrons. The summed E-state index contributed by atoms with van der Waals surface area (Å²) < 4.78 is 11.3. The van der Waals surface area contributed by atoms with Crippen LogP contribution in [0.3, 0.4) is 0 Å². The summed E-state index contributed by atoms with van der Waals surface area (Å²) in [6.07, 6.45) is 9.19. The van der Waals surface area contributed by atoms with Crippen LogP contribution in [0.4, 0.5) is 0 Å². The van der Waals surface area contributed by atoms with Gasteiger partial charge in [-0.25, -0.2) is 4.79 Å². The molecular weight excluding hydrogens is 276 g/mol. The molecule has 22 heavy (non-hydrogen) atoms. The summed E-state index contributed by atoms with van der Waals surface area (Å²) in [5.41, 5.74) is 2.33. The second-order valence-corrected chi connectivity index (χ2v) is 5.86. The van der Waals surface area contributed by atoms with Gasteiger partial charge in [0.2, 0.25) is 5.76 Å². The van der Waals surface area contributed by atoms with Gasteiger partial charge in [-0.05, 0) is 37.7 Å². The standard InChI is InChI=1S/C19H32O3/c1-5-9-12-16-15(8-4)18(19(20)21-14-11-7-3)22-17(16)13-10-6-2/h5-14H2,1-4H3. The van der Waals surface area contributed by atoms with Gasteiger partial charge in [-0.1, -0.05) is 47.0 Å². The van der Waals surface area contributed by atoms with E-state index in [1.807, 2.05) is 0 Å². The Morgan fingerprint density at radius 3 is 2.14 bits per heavy atom. The molecule has 0 aliphatic carbocycles. The lowest BCUT2D eigenvalue weighted by molar-refractivity contribution is 0.0460. The molecule has 3 heteroatoms. The van der Waals surface area contributed by atoms with E-state index >= 15 is 0 Å². The Hall–Kier alpha value is -1.25. The second kappa shape index (κ2) is 10.5. The molecule has 0 unspecified atom stereocenters. The molecule has 1 aromatic heterocycles. The number of furan rings is 1. The molecule has 0 amide bonds. The highest BCUT2D eigenvalue weighted by Crippen LogP contribution is 2.27. The SMILES string of the molecule is CCCCOC(=O)c1oc(CCCC)c(CCCC)c1CC. The van der Waals surface area contributed by atoms with Gasteiger partial charge in [0.05, 0.1) is 6.61 Å². The molecule has 0 spiro atoms. The van der Waals surface area contributed by atoms with Crippen LogP contribution in [0.15, 0.2) is 4.42 Å². The lowest BCUT2D eigenvalue weighted by Gasteiger charge is -2.04. The first-order valence-corrected chi connectivity index (χ1v) is 8.99. The first-order chi connectivity index (χ1) is 10.7. The molecule has 1 aromatic rings. The zero-order valence-electron chi connectivity index (χ0n) is 14.8. The van der Waals surface area contributed by atoms with Crippen LogP contribution in [0.2, 0.25) is 0 Å². The minimum atomic E-state index is -0.286. The highest BCUT2D eigenvalue weighted by molar-refractivity contribution is 5.88. The smallest absolute Gasteiger partial charge is 0.374 e. The molecule has 0 fully saturated rings. The van der Waals surface area contributed by atoms with Crippen LogP contribution >= 0.6 is 0 Å². The van der Waals surface area contributed by atoms with Crippen molar-refractivity contribution in [2.24, 2.45) is 0 Å². The quantitative estimate of drug-likeness (QED) is 0.401.